The van der Waals surface area contributed by atoms with Crippen molar-refractivity contribution in [2.75, 3.05) is 26.2 Å². The highest BCUT2D eigenvalue weighted by molar-refractivity contribution is 7.80. The van der Waals surface area contributed by atoms with E-state index in [0.29, 0.717) is 36.9 Å². The van der Waals surface area contributed by atoms with Crippen molar-refractivity contribution in [2.24, 2.45) is 0 Å². The Balaban J connectivity index is 0.00000312. The minimum absolute atomic E-state index is 0. The van der Waals surface area contributed by atoms with Gasteiger partial charge in [-0.1, -0.05) is 18.2 Å². The molecular weight excluding hydrogens is 362 g/mol. The van der Waals surface area contributed by atoms with E-state index in [0.717, 1.165) is 0 Å². The molecular formula is C17H24ClN3O3S. The number of rotatable bonds is 1. The number of hydrogen-bond acceptors (Lipinski definition) is 4. The normalized spacial score (nSPS) is 14.4. The molecule has 6 nitrogen and oxygen atoms in total. The molecule has 1 fully saturated rings. The molecule has 1 N–H and O–H groups in total. The number of halogens is 1. The zero-order valence-electron chi connectivity index (χ0n) is 14.7. The first-order chi connectivity index (χ1) is 11.3. The summed E-state index contributed by atoms with van der Waals surface area (Å²) in [6, 6.07) is 8.93. The van der Waals surface area contributed by atoms with Crippen molar-refractivity contribution in [1.82, 2.24) is 15.1 Å². The van der Waals surface area contributed by atoms with Gasteiger partial charge in [-0.05, 0) is 45.1 Å². The van der Waals surface area contributed by atoms with Gasteiger partial charge >= 0.3 is 6.09 Å². The van der Waals surface area contributed by atoms with Crippen LogP contribution in [0, 0.1) is 0 Å². The maximum atomic E-state index is 12.1. The first-order valence-corrected chi connectivity index (χ1v) is 8.30. The second-order valence-electron chi connectivity index (χ2n) is 6.58. The van der Waals surface area contributed by atoms with Crippen LogP contribution in [-0.2, 0) is 4.74 Å². The van der Waals surface area contributed by atoms with Crippen molar-refractivity contribution in [3.63, 3.8) is 0 Å². The molecule has 138 valence electrons. The van der Waals surface area contributed by atoms with Gasteiger partial charge in [-0.15, -0.1) is 12.4 Å². The topological polar surface area (TPSA) is 61.9 Å². The van der Waals surface area contributed by atoms with Gasteiger partial charge in [-0.2, -0.15) is 0 Å². The van der Waals surface area contributed by atoms with E-state index in [2.05, 4.69) is 5.32 Å². The van der Waals surface area contributed by atoms with E-state index in [1.165, 1.54) is 0 Å². The summed E-state index contributed by atoms with van der Waals surface area (Å²) in [5.74, 6) is -0.227. The minimum Gasteiger partial charge on any atom is -0.444 e. The molecule has 0 bridgehead atoms. The molecule has 0 atom stereocenters. The molecule has 0 unspecified atom stereocenters. The molecule has 1 saturated heterocycles. The van der Waals surface area contributed by atoms with E-state index in [-0.39, 0.29) is 24.4 Å². The second-order valence-corrected chi connectivity index (χ2v) is 6.97. The molecule has 25 heavy (non-hydrogen) atoms. The summed E-state index contributed by atoms with van der Waals surface area (Å²) in [5, 5.41) is 3.11. The number of nitrogens with zero attached hydrogens (tertiary/aromatic N) is 2. The lowest BCUT2D eigenvalue weighted by Gasteiger charge is -2.36. The number of carbonyl (C=O) groups is 2. The van der Waals surface area contributed by atoms with Gasteiger partial charge in [0.05, 0.1) is 0 Å². The molecule has 1 heterocycles. The Bertz CT molecular complexity index is 611. The van der Waals surface area contributed by atoms with Gasteiger partial charge in [0.15, 0.2) is 5.11 Å². The van der Waals surface area contributed by atoms with E-state index in [9.17, 15) is 9.59 Å². The van der Waals surface area contributed by atoms with Crippen LogP contribution < -0.4 is 5.32 Å². The third kappa shape index (κ3) is 6.51. The molecule has 0 aliphatic carbocycles. The standard InChI is InChI=1S/C17H23N3O3S.ClH/c1-17(2,3)23-16(22)20-11-9-19(10-12-20)15(24)18-14(21)13-7-5-4-6-8-13;/h4-8H,9-12H2,1-3H3,(H,18,21,24);1H. The molecule has 1 aliphatic heterocycles. The van der Waals surface area contributed by atoms with Gasteiger partial charge < -0.3 is 14.5 Å². The molecule has 1 aliphatic rings. The Morgan fingerprint density at radius 1 is 1.04 bits per heavy atom. The van der Waals surface area contributed by atoms with Crippen LogP contribution in [0.1, 0.15) is 31.1 Å². The van der Waals surface area contributed by atoms with Crippen molar-refractivity contribution < 1.29 is 14.3 Å². The molecule has 2 rings (SSSR count). The smallest absolute Gasteiger partial charge is 0.410 e. The number of amides is 2. The number of piperazine rings is 1. The van der Waals surface area contributed by atoms with Gasteiger partial charge in [0.2, 0.25) is 0 Å². The van der Waals surface area contributed by atoms with E-state index in [4.69, 9.17) is 17.0 Å². The predicted molar refractivity (Wildman–Crippen MR) is 103 cm³/mol. The quantitative estimate of drug-likeness (QED) is 0.753. The Kier molecular flexibility index (Phi) is 7.63. The molecule has 2 amide bonds. The number of nitrogens with one attached hydrogen (secondary N) is 1. The highest BCUT2D eigenvalue weighted by Gasteiger charge is 2.27. The zero-order valence-corrected chi connectivity index (χ0v) is 16.3. The first-order valence-electron chi connectivity index (χ1n) is 7.89. The Morgan fingerprint density at radius 3 is 2.08 bits per heavy atom. The average Bonchev–Trinajstić information content (AvgIpc) is 2.54. The van der Waals surface area contributed by atoms with E-state index >= 15 is 0 Å². The summed E-state index contributed by atoms with van der Waals surface area (Å²) < 4.78 is 5.36. The minimum atomic E-state index is -0.507. The lowest BCUT2D eigenvalue weighted by molar-refractivity contribution is 0.0186. The van der Waals surface area contributed by atoms with Crippen LogP contribution in [0.2, 0.25) is 0 Å². The van der Waals surface area contributed by atoms with Crippen LogP contribution in [0.25, 0.3) is 0 Å². The van der Waals surface area contributed by atoms with E-state index < -0.39 is 5.60 Å². The third-order valence-electron chi connectivity index (χ3n) is 3.48. The number of hydrogen-bond donors (Lipinski definition) is 1. The molecule has 0 radical (unpaired) electrons. The van der Waals surface area contributed by atoms with Gasteiger partial charge in [-0.3, -0.25) is 10.1 Å². The van der Waals surface area contributed by atoms with E-state index in [1.807, 2.05) is 31.7 Å². The van der Waals surface area contributed by atoms with Crippen molar-refractivity contribution in [3.8, 4) is 0 Å². The maximum absolute atomic E-state index is 12.1. The van der Waals surface area contributed by atoms with Crippen LogP contribution in [0.15, 0.2) is 30.3 Å². The molecule has 1 aromatic carbocycles. The highest BCUT2D eigenvalue weighted by atomic mass is 35.5. The summed E-state index contributed by atoms with van der Waals surface area (Å²) in [7, 11) is 0. The number of thiocarbonyl (C=S) groups is 1. The van der Waals surface area contributed by atoms with E-state index in [1.54, 1.807) is 29.2 Å². The SMILES string of the molecule is CC(C)(C)OC(=O)N1CCN(C(=S)NC(=O)c2ccccc2)CC1.Cl. The molecule has 0 saturated carbocycles. The summed E-state index contributed by atoms with van der Waals surface area (Å²) >= 11 is 5.30. The van der Waals surface area contributed by atoms with Crippen molar-refractivity contribution >= 4 is 41.7 Å². The number of carbonyl (C=O) groups excluding carboxylic acids is 2. The van der Waals surface area contributed by atoms with Gasteiger partial charge in [0.25, 0.3) is 5.91 Å². The lowest BCUT2D eigenvalue weighted by atomic mass is 10.2. The lowest BCUT2D eigenvalue weighted by Crippen LogP contribution is -2.54. The van der Waals surface area contributed by atoms with Crippen molar-refractivity contribution in [2.45, 2.75) is 26.4 Å². The predicted octanol–water partition coefficient (Wildman–Crippen LogP) is 2.68. The summed E-state index contributed by atoms with van der Waals surface area (Å²) in [6.07, 6.45) is -0.318. The van der Waals surface area contributed by atoms with Gasteiger partial charge in [0, 0.05) is 31.7 Å². The molecule has 0 spiro atoms. The van der Waals surface area contributed by atoms with Crippen molar-refractivity contribution in [1.29, 1.82) is 0 Å². The fourth-order valence-corrected chi connectivity index (χ4v) is 2.53. The van der Waals surface area contributed by atoms with Gasteiger partial charge in [0.1, 0.15) is 5.60 Å². The summed E-state index contributed by atoms with van der Waals surface area (Å²) in [4.78, 5) is 27.7. The molecule has 1 aromatic rings. The van der Waals surface area contributed by atoms with Crippen LogP contribution >= 0.6 is 24.6 Å². The summed E-state index contributed by atoms with van der Waals surface area (Å²) in [5.41, 5.74) is 0.0555. The van der Waals surface area contributed by atoms with Crippen LogP contribution in [0.3, 0.4) is 0 Å². The van der Waals surface area contributed by atoms with Crippen molar-refractivity contribution in [3.05, 3.63) is 35.9 Å². The number of benzene rings is 1. The molecule has 8 heteroatoms. The van der Waals surface area contributed by atoms with Crippen LogP contribution in [-0.4, -0.2) is 58.7 Å². The largest absolute Gasteiger partial charge is 0.444 e. The number of ether oxygens (including phenoxy) is 1. The fraction of sp³-hybridized carbons (Fsp3) is 0.471. The Labute approximate surface area is 159 Å². The molecule has 0 aromatic heterocycles. The Hall–Kier alpha value is -1.86. The highest BCUT2D eigenvalue weighted by Crippen LogP contribution is 2.12. The maximum Gasteiger partial charge on any atom is 0.410 e. The van der Waals surface area contributed by atoms with Gasteiger partial charge in [-0.25, -0.2) is 4.79 Å². The second kappa shape index (κ2) is 9.01. The van der Waals surface area contributed by atoms with Crippen LogP contribution in [0.5, 0.6) is 0 Å². The monoisotopic (exact) mass is 385 g/mol. The zero-order chi connectivity index (χ0) is 17.7. The fourth-order valence-electron chi connectivity index (χ4n) is 2.26. The first kappa shape index (κ1) is 21.2. The van der Waals surface area contributed by atoms with Crippen LogP contribution in [0.4, 0.5) is 4.79 Å². The third-order valence-corrected chi connectivity index (χ3v) is 3.84. The summed E-state index contributed by atoms with van der Waals surface area (Å²) in [6.45, 7) is 7.67. The Morgan fingerprint density at radius 2 is 1.56 bits per heavy atom. The average molecular weight is 386 g/mol.